The highest BCUT2D eigenvalue weighted by molar-refractivity contribution is 5.82. The second kappa shape index (κ2) is 15.0. The first-order valence-corrected chi connectivity index (χ1v) is 8.92. The Morgan fingerprint density at radius 1 is 0.920 bits per heavy atom. The molecule has 9 heteroatoms. The number of nitrogens with one attached hydrogen (secondary N) is 5. The molecule has 0 aromatic rings. The van der Waals surface area contributed by atoms with Crippen LogP contribution in [-0.4, -0.2) is 82.4 Å². The summed E-state index contributed by atoms with van der Waals surface area (Å²) in [5.41, 5.74) is 5.47. The average molecular weight is 361 g/mol. The third-order valence-electron chi connectivity index (χ3n) is 3.95. The molecular weight excluding hydrogens is 324 g/mol. The average Bonchev–Trinajstić information content (AvgIpc) is 2.60. The van der Waals surface area contributed by atoms with Gasteiger partial charge in [-0.25, -0.2) is 0 Å². The van der Waals surface area contributed by atoms with Crippen LogP contribution in [0.15, 0.2) is 0 Å². The van der Waals surface area contributed by atoms with Gasteiger partial charge < -0.3 is 37.4 Å². The van der Waals surface area contributed by atoms with Crippen LogP contribution in [0, 0.1) is 0 Å². The summed E-state index contributed by atoms with van der Waals surface area (Å²) in [5, 5.41) is 24.0. The van der Waals surface area contributed by atoms with Crippen molar-refractivity contribution in [1.29, 1.82) is 0 Å². The number of aliphatic hydroxyl groups excluding tert-OH is 1. The zero-order valence-corrected chi connectivity index (χ0v) is 15.7. The van der Waals surface area contributed by atoms with Crippen molar-refractivity contribution in [2.45, 2.75) is 43.9 Å². The Morgan fingerprint density at radius 2 is 1.48 bits per heavy atom. The van der Waals surface area contributed by atoms with Gasteiger partial charge in [-0.2, -0.15) is 0 Å². The smallest absolute Gasteiger partial charge is 0.237 e. The molecule has 0 rings (SSSR count). The van der Waals surface area contributed by atoms with Crippen LogP contribution < -0.4 is 32.3 Å². The monoisotopic (exact) mass is 360 g/mol. The lowest BCUT2D eigenvalue weighted by atomic mass is 10.1. The van der Waals surface area contributed by atoms with Gasteiger partial charge in [-0.1, -0.05) is 0 Å². The third-order valence-corrected chi connectivity index (χ3v) is 3.95. The number of likely N-dealkylation sites (N-methyl/N-ethyl adjacent to an activating group) is 3. The molecule has 25 heavy (non-hydrogen) atoms. The van der Waals surface area contributed by atoms with Crippen LogP contribution in [0.1, 0.15) is 25.7 Å². The molecule has 2 amide bonds. The predicted molar refractivity (Wildman–Crippen MR) is 99.2 cm³/mol. The summed E-state index contributed by atoms with van der Waals surface area (Å²) in [7, 11) is 5.21. The molecule has 3 atom stereocenters. The number of nitrogens with two attached hydrogens (primary N) is 1. The number of hydrogen-bond acceptors (Lipinski definition) is 7. The Balaban J connectivity index is 4.05. The Labute approximate surface area is 150 Å². The Morgan fingerprint density at radius 3 is 2.00 bits per heavy atom. The summed E-state index contributed by atoms with van der Waals surface area (Å²) in [6.45, 7) is 1.70. The van der Waals surface area contributed by atoms with Gasteiger partial charge in [0, 0.05) is 19.6 Å². The summed E-state index contributed by atoms with van der Waals surface area (Å²) >= 11 is 0. The molecule has 0 saturated heterocycles. The zero-order valence-electron chi connectivity index (χ0n) is 15.7. The Bertz CT molecular complexity index is 370. The molecule has 0 heterocycles. The summed E-state index contributed by atoms with van der Waals surface area (Å²) in [5.74, 6) is -0.198. The van der Waals surface area contributed by atoms with Crippen molar-refractivity contribution in [1.82, 2.24) is 26.6 Å². The van der Waals surface area contributed by atoms with Gasteiger partial charge in [-0.3, -0.25) is 9.59 Å². The number of carbonyl (C=O) groups is 2. The molecule has 148 valence electrons. The van der Waals surface area contributed by atoms with Crippen molar-refractivity contribution < 1.29 is 14.7 Å². The number of aliphatic hydroxyl groups is 1. The molecule has 0 aliphatic heterocycles. The van der Waals surface area contributed by atoms with Gasteiger partial charge in [0.2, 0.25) is 11.8 Å². The molecule has 0 spiro atoms. The van der Waals surface area contributed by atoms with E-state index in [2.05, 4.69) is 26.6 Å². The molecule has 0 bridgehead atoms. The van der Waals surface area contributed by atoms with Crippen LogP contribution in [0.5, 0.6) is 0 Å². The van der Waals surface area contributed by atoms with Crippen molar-refractivity contribution in [3.63, 3.8) is 0 Å². The Hall–Kier alpha value is -1.26. The minimum atomic E-state index is -0.613. The van der Waals surface area contributed by atoms with Crippen LogP contribution in [0.4, 0.5) is 0 Å². The van der Waals surface area contributed by atoms with Gasteiger partial charge >= 0.3 is 0 Å². The zero-order chi connectivity index (χ0) is 19.1. The molecule has 0 aromatic carbocycles. The van der Waals surface area contributed by atoms with Gasteiger partial charge in [-0.05, 0) is 53.4 Å². The molecule has 0 aromatic heterocycles. The summed E-state index contributed by atoms with van der Waals surface area (Å²) in [6, 6.07) is -0.586. The maximum absolute atomic E-state index is 12.1. The summed E-state index contributed by atoms with van der Waals surface area (Å²) in [4.78, 5) is 24.1. The minimum absolute atomic E-state index is 0.0448. The second-order valence-corrected chi connectivity index (χ2v) is 6.00. The van der Waals surface area contributed by atoms with E-state index in [1.807, 2.05) is 0 Å². The SMILES string of the molecule is CNCC(O)CNC(=O)[C@H](CCCNC(=O)[C@H](CCCN)NC)NC. The first-order chi connectivity index (χ1) is 12.0. The lowest BCUT2D eigenvalue weighted by molar-refractivity contribution is -0.123. The fraction of sp³-hybridized carbons (Fsp3) is 0.875. The van der Waals surface area contributed by atoms with E-state index >= 15 is 0 Å². The van der Waals surface area contributed by atoms with E-state index in [1.165, 1.54) is 0 Å². The number of rotatable bonds is 15. The molecule has 0 saturated carbocycles. The van der Waals surface area contributed by atoms with Crippen molar-refractivity contribution >= 4 is 11.8 Å². The molecule has 0 aliphatic carbocycles. The van der Waals surface area contributed by atoms with Gasteiger partial charge in [0.25, 0.3) is 0 Å². The fourth-order valence-corrected chi connectivity index (χ4v) is 2.43. The third kappa shape index (κ3) is 11.1. The van der Waals surface area contributed by atoms with E-state index in [-0.39, 0.29) is 30.4 Å². The number of amides is 2. The quantitative estimate of drug-likeness (QED) is 0.160. The first-order valence-electron chi connectivity index (χ1n) is 8.92. The molecule has 8 N–H and O–H groups in total. The molecular formula is C16H36N6O3. The van der Waals surface area contributed by atoms with E-state index in [0.717, 1.165) is 6.42 Å². The molecule has 1 unspecified atom stereocenters. The van der Waals surface area contributed by atoms with Crippen LogP contribution >= 0.6 is 0 Å². The second-order valence-electron chi connectivity index (χ2n) is 6.00. The summed E-state index contributed by atoms with van der Waals surface area (Å²) in [6.07, 6.45) is 2.16. The Kier molecular flexibility index (Phi) is 14.3. The van der Waals surface area contributed by atoms with E-state index in [1.54, 1.807) is 21.1 Å². The lowest BCUT2D eigenvalue weighted by Gasteiger charge is -2.19. The number of hydrogen-bond donors (Lipinski definition) is 7. The lowest BCUT2D eigenvalue weighted by Crippen LogP contribution is -2.47. The van der Waals surface area contributed by atoms with Crippen LogP contribution in [0.3, 0.4) is 0 Å². The number of carbonyl (C=O) groups excluding carboxylic acids is 2. The van der Waals surface area contributed by atoms with Gasteiger partial charge in [-0.15, -0.1) is 0 Å². The maximum Gasteiger partial charge on any atom is 0.237 e. The van der Waals surface area contributed by atoms with Crippen molar-refractivity contribution in [2.24, 2.45) is 5.73 Å². The topological polar surface area (TPSA) is 141 Å². The standard InChI is InChI=1S/C16H36N6O3/c1-18-10-12(23)11-22-16(25)14(20-3)7-5-9-21-15(24)13(19-2)6-4-8-17/h12-14,18-20,23H,4-11,17H2,1-3H3,(H,21,24)(H,22,25)/t12?,13-,14-/m0/s1. The fourth-order valence-electron chi connectivity index (χ4n) is 2.43. The molecule has 9 nitrogen and oxygen atoms in total. The summed E-state index contributed by atoms with van der Waals surface area (Å²) < 4.78 is 0. The molecule has 0 fully saturated rings. The van der Waals surface area contributed by atoms with Gasteiger partial charge in [0.15, 0.2) is 0 Å². The van der Waals surface area contributed by atoms with Crippen LogP contribution in [0.25, 0.3) is 0 Å². The van der Waals surface area contributed by atoms with Crippen molar-refractivity contribution in [3.8, 4) is 0 Å². The van der Waals surface area contributed by atoms with E-state index in [9.17, 15) is 14.7 Å². The van der Waals surface area contributed by atoms with Crippen molar-refractivity contribution in [3.05, 3.63) is 0 Å². The molecule has 0 radical (unpaired) electrons. The van der Waals surface area contributed by atoms with E-state index < -0.39 is 6.10 Å². The highest BCUT2D eigenvalue weighted by Gasteiger charge is 2.18. The van der Waals surface area contributed by atoms with E-state index in [4.69, 9.17) is 5.73 Å². The normalized spacial score (nSPS) is 14.6. The minimum Gasteiger partial charge on any atom is -0.390 e. The first kappa shape index (κ1) is 23.7. The van der Waals surface area contributed by atoms with E-state index in [0.29, 0.717) is 38.9 Å². The maximum atomic E-state index is 12.1. The van der Waals surface area contributed by atoms with Gasteiger partial charge in [0.05, 0.1) is 18.2 Å². The predicted octanol–water partition coefficient (Wildman–Crippen LogP) is -2.51. The van der Waals surface area contributed by atoms with Crippen LogP contribution in [0.2, 0.25) is 0 Å². The highest BCUT2D eigenvalue weighted by Crippen LogP contribution is 1.99. The largest absolute Gasteiger partial charge is 0.390 e. The molecule has 0 aliphatic rings. The van der Waals surface area contributed by atoms with Crippen LogP contribution in [-0.2, 0) is 9.59 Å². The van der Waals surface area contributed by atoms with Gasteiger partial charge in [0.1, 0.15) is 0 Å². The highest BCUT2D eigenvalue weighted by atomic mass is 16.3. The van der Waals surface area contributed by atoms with Crippen molar-refractivity contribution in [2.75, 3.05) is 47.3 Å².